The molecular weight excluding hydrogens is 886 g/mol. The number of para-hydroxylation sites is 1. The summed E-state index contributed by atoms with van der Waals surface area (Å²) in [6, 6.07) is 47.5. The fourth-order valence-corrected chi connectivity index (χ4v) is 12.3. The first kappa shape index (κ1) is 47.5. The minimum absolute atomic E-state index is 0.00993. The van der Waals surface area contributed by atoms with Crippen molar-refractivity contribution in [2.45, 2.75) is 157 Å². The molecule has 0 spiro atoms. The van der Waals surface area contributed by atoms with Crippen molar-refractivity contribution in [3.05, 3.63) is 155 Å². The van der Waals surface area contributed by atoms with E-state index in [1.807, 2.05) is 0 Å². The molecular formula is C68H74BN3O. The first-order chi connectivity index (χ1) is 34.0. The normalized spacial score (nSPS) is 14.4. The summed E-state index contributed by atoms with van der Waals surface area (Å²) in [6.45, 7) is 42.0. The Morgan fingerprint density at radius 2 is 0.932 bits per heavy atom. The molecule has 5 heterocycles. The van der Waals surface area contributed by atoms with Crippen LogP contribution in [0.5, 0.6) is 0 Å². The molecule has 370 valence electrons. The lowest BCUT2D eigenvalue weighted by atomic mass is 9.47. The van der Waals surface area contributed by atoms with Gasteiger partial charge in [-0.1, -0.05) is 173 Å². The third kappa shape index (κ3) is 7.07. The van der Waals surface area contributed by atoms with Crippen LogP contribution >= 0.6 is 0 Å². The summed E-state index contributed by atoms with van der Waals surface area (Å²) in [4.78, 5) is 2.60. The van der Waals surface area contributed by atoms with Gasteiger partial charge in [0, 0.05) is 66.2 Å². The van der Waals surface area contributed by atoms with Gasteiger partial charge in [-0.3, -0.25) is 0 Å². The number of furan rings is 1. The molecule has 0 unspecified atom stereocenters. The van der Waals surface area contributed by atoms with Crippen molar-refractivity contribution in [1.29, 1.82) is 0 Å². The van der Waals surface area contributed by atoms with E-state index in [0.717, 1.165) is 22.6 Å². The van der Waals surface area contributed by atoms with Gasteiger partial charge in [-0.2, -0.15) is 0 Å². The highest BCUT2D eigenvalue weighted by Gasteiger charge is 2.48. The Morgan fingerprint density at radius 3 is 1.55 bits per heavy atom. The van der Waals surface area contributed by atoms with Gasteiger partial charge in [0.2, 0.25) is 0 Å². The van der Waals surface area contributed by atoms with Crippen LogP contribution in [0, 0.1) is 0 Å². The standard InChI is InChI=1S/C68H74BN3O/c1-63(2,3)39-24-27-45(28-25-39)71-55-38-43(67(13,14)15)33-46-47-34-41(65(7,8)9)35-49-57-54(31-30-53-56(57)48-32-40(64(4,5)6)26-29-52(48)70(53)44-22-20-19-21-23-44)72(59(47)49)69(58(46)55)62-60(71)50-36-42(66(10,11)12)37-51(61(50)73-62)68(16,17)18/h19-38H,1-18H3. The summed E-state index contributed by atoms with van der Waals surface area (Å²) < 4.78 is 13.1. The smallest absolute Gasteiger partial charge is 0.375 e. The van der Waals surface area contributed by atoms with Crippen LogP contribution < -0.4 is 16.0 Å². The van der Waals surface area contributed by atoms with Crippen LogP contribution in [0.2, 0.25) is 0 Å². The molecule has 0 aliphatic carbocycles. The van der Waals surface area contributed by atoms with Crippen molar-refractivity contribution < 1.29 is 4.42 Å². The Kier molecular flexibility index (Phi) is 9.82. The molecule has 4 nitrogen and oxygen atoms in total. The van der Waals surface area contributed by atoms with E-state index in [9.17, 15) is 0 Å². The van der Waals surface area contributed by atoms with Crippen molar-refractivity contribution in [3.8, 4) is 16.8 Å². The number of hydrogen-bond acceptors (Lipinski definition) is 2. The molecule has 10 aromatic rings. The van der Waals surface area contributed by atoms with Crippen molar-refractivity contribution >= 4 is 89.6 Å². The Morgan fingerprint density at radius 1 is 0.411 bits per heavy atom. The Bertz CT molecular complexity index is 3940. The van der Waals surface area contributed by atoms with Gasteiger partial charge in [0.05, 0.1) is 16.7 Å². The zero-order valence-corrected chi connectivity index (χ0v) is 46.9. The van der Waals surface area contributed by atoms with Gasteiger partial charge < -0.3 is 18.4 Å². The van der Waals surface area contributed by atoms with Crippen LogP contribution in [0.3, 0.4) is 0 Å². The summed E-state index contributed by atoms with van der Waals surface area (Å²) in [5.41, 5.74) is 22.8. The van der Waals surface area contributed by atoms with E-state index in [4.69, 9.17) is 4.42 Å². The summed E-state index contributed by atoms with van der Waals surface area (Å²) in [5.74, 6) is 0. The molecule has 0 amide bonds. The van der Waals surface area contributed by atoms with E-state index in [-0.39, 0.29) is 39.3 Å². The molecule has 12 rings (SSSR count). The van der Waals surface area contributed by atoms with Gasteiger partial charge >= 0.3 is 6.85 Å². The maximum atomic E-state index is 7.84. The SMILES string of the molecule is CC(C)(C)c1ccc(N2c3cc(C(C)(C)C)cc4c3B(c3oc5c(C(C)(C)C)cc(C(C)(C)C)cc5c32)n2c3ccc5c(c6cc(C(C)(C)C)ccc6n5-c5ccccc5)c3c3cc(C(C)(C)C)cc-4c32)cc1. The van der Waals surface area contributed by atoms with Crippen LogP contribution in [0.1, 0.15) is 158 Å². The van der Waals surface area contributed by atoms with Crippen LogP contribution in [-0.4, -0.2) is 15.9 Å². The summed E-state index contributed by atoms with van der Waals surface area (Å²) in [5, 5.41) is 6.36. The second-order valence-corrected chi connectivity index (χ2v) is 28.0. The van der Waals surface area contributed by atoms with Gasteiger partial charge in [-0.05, 0) is 144 Å². The van der Waals surface area contributed by atoms with Gasteiger partial charge in [0.1, 0.15) is 11.2 Å². The minimum Gasteiger partial charge on any atom is -0.466 e. The van der Waals surface area contributed by atoms with Crippen LogP contribution in [-0.2, 0) is 32.5 Å². The molecule has 0 saturated heterocycles. The second kappa shape index (κ2) is 15.1. The highest BCUT2D eigenvalue weighted by Crippen LogP contribution is 2.53. The first-order valence-electron chi connectivity index (χ1n) is 26.9. The van der Waals surface area contributed by atoms with E-state index < -0.39 is 0 Å². The third-order valence-corrected chi connectivity index (χ3v) is 16.5. The number of nitrogens with zero attached hydrogens (tertiary/aromatic N) is 3. The van der Waals surface area contributed by atoms with Crippen molar-refractivity contribution in [2.75, 3.05) is 4.90 Å². The van der Waals surface area contributed by atoms with Crippen molar-refractivity contribution in [3.63, 3.8) is 0 Å². The highest BCUT2D eigenvalue weighted by molar-refractivity contribution is 6.89. The molecule has 0 bridgehead atoms. The van der Waals surface area contributed by atoms with Gasteiger partial charge in [-0.15, -0.1) is 0 Å². The predicted octanol–water partition coefficient (Wildman–Crippen LogP) is 17.8. The quantitative estimate of drug-likeness (QED) is 0.161. The number of rotatable bonds is 2. The molecule has 0 fully saturated rings. The van der Waals surface area contributed by atoms with Crippen LogP contribution in [0.4, 0.5) is 17.1 Å². The van der Waals surface area contributed by atoms with Crippen molar-refractivity contribution in [2.24, 2.45) is 0 Å². The predicted molar refractivity (Wildman–Crippen MR) is 316 cm³/mol. The maximum Gasteiger partial charge on any atom is 0.375 e. The Labute approximate surface area is 434 Å². The lowest BCUT2D eigenvalue weighted by Gasteiger charge is -2.40. The molecule has 5 heteroatoms. The van der Waals surface area contributed by atoms with Crippen LogP contribution in [0.25, 0.3) is 71.4 Å². The zero-order chi connectivity index (χ0) is 52.0. The molecule has 0 saturated carbocycles. The third-order valence-electron chi connectivity index (χ3n) is 16.5. The largest absolute Gasteiger partial charge is 0.466 e. The van der Waals surface area contributed by atoms with Crippen molar-refractivity contribution in [1.82, 2.24) is 9.05 Å². The number of aromatic nitrogens is 2. The molecule has 2 aliphatic heterocycles. The summed E-state index contributed by atoms with van der Waals surface area (Å²) >= 11 is 0. The maximum absolute atomic E-state index is 7.84. The molecule has 73 heavy (non-hydrogen) atoms. The van der Waals surface area contributed by atoms with E-state index in [0.29, 0.717) is 0 Å². The molecule has 0 radical (unpaired) electrons. The van der Waals surface area contributed by atoms with E-state index in [1.165, 1.54) is 110 Å². The minimum atomic E-state index is -0.254. The van der Waals surface area contributed by atoms with Gasteiger partial charge in [0.15, 0.2) is 0 Å². The second-order valence-electron chi connectivity index (χ2n) is 28.0. The number of anilines is 3. The van der Waals surface area contributed by atoms with Gasteiger partial charge in [-0.25, -0.2) is 0 Å². The molecule has 2 aliphatic rings. The first-order valence-corrected chi connectivity index (χ1v) is 26.9. The van der Waals surface area contributed by atoms with Gasteiger partial charge in [0.25, 0.3) is 0 Å². The summed E-state index contributed by atoms with van der Waals surface area (Å²) in [6.07, 6.45) is 0. The van der Waals surface area contributed by atoms with E-state index >= 15 is 0 Å². The van der Waals surface area contributed by atoms with E-state index in [1.54, 1.807) is 0 Å². The average molecular weight is 960 g/mol. The average Bonchev–Trinajstić information content (AvgIpc) is 3.96. The molecule has 7 aromatic carbocycles. The molecule has 0 atom stereocenters. The topological polar surface area (TPSA) is 26.2 Å². The highest BCUT2D eigenvalue weighted by atomic mass is 16.3. The van der Waals surface area contributed by atoms with E-state index in [2.05, 4.69) is 260 Å². The molecule has 0 N–H and O–H groups in total. The zero-order valence-electron chi connectivity index (χ0n) is 46.9. The molecule has 3 aromatic heterocycles. The lowest BCUT2D eigenvalue weighted by Crippen LogP contribution is -2.56. The Balaban J connectivity index is 1.32. The monoisotopic (exact) mass is 960 g/mol. The number of fused-ring (bicyclic) bond motifs is 13. The van der Waals surface area contributed by atoms with Crippen LogP contribution in [0.15, 0.2) is 126 Å². The fourth-order valence-electron chi connectivity index (χ4n) is 12.3. The fraction of sp³-hybridized carbons (Fsp3) is 0.353. The number of benzene rings is 7. The Hall–Kier alpha value is -6.46. The lowest BCUT2D eigenvalue weighted by molar-refractivity contribution is 0.557. The number of hydrogen-bond donors (Lipinski definition) is 0. The summed E-state index contributed by atoms with van der Waals surface area (Å²) in [7, 11) is 0.